The van der Waals surface area contributed by atoms with E-state index in [0.717, 1.165) is 123 Å². The molecule has 4 aliphatic rings. The Hall–Kier alpha value is -9.15. The minimum absolute atomic E-state index is 0. The van der Waals surface area contributed by atoms with Crippen LogP contribution in [0, 0.1) is 24.3 Å². The van der Waals surface area contributed by atoms with Gasteiger partial charge >= 0.3 is 274 Å². The van der Waals surface area contributed by atoms with Gasteiger partial charge in [0, 0.05) is 0 Å². The number of alkyl halides is 12. The standard InChI is InChI=1S/2C33H33.2C15H8F6.2C5H5.2ClH.2Zr/c2*1-32(2,3)30-20-26-24(18-28(30)22-13-9-7-10-14-22)17-25-19-29(23-15-11-8-12-16-23)31(21-27(25)26)33(4,5)6;2*16-14(17,18)12-5-1-10(2-6-12)9-11-3-7-13(8-4-11)15(19,20)21;2*1-2-4-5-3-1;;;;/h2*7-16,18,20-21H,17H2,1-6H3;2*1-8H;2*1-3H,4H2;2*1H;;/q2*-1;;;2*-1;;;2*+2/p-2. The average molecular weight is 1850 g/mol. The third-order valence-electron chi connectivity index (χ3n) is 20.8. The van der Waals surface area contributed by atoms with Gasteiger partial charge in [0.1, 0.15) is 0 Å². The predicted octanol–water partition coefficient (Wildman–Crippen LogP) is 24.3. The summed E-state index contributed by atoms with van der Waals surface area (Å²) in [5.74, 6) is 0. The largest absolute Gasteiger partial charge is 1.00 e. The first kappa shape index (κ1) is 96.7. The van der Waals surface area contributed by atoms with Crippen molar-refractivity contribution in [2.75, 3.05) is 0 Å². The summed E-state index contributed by atoms with van der Waals surface area (Å²) in [6.07, 6.45) is 4.25. The van der Waals surface area contributed by atoms with Gasteiger partial charge in [-0.25, -0.2) is 24.3 Å². The molecule has 0 saturated heterocycles. The molecule has 16 rings (SSSR count). The minimum Gasteiger partial charge on any atom is -1.00 e. The van der Waals surface area contributed by atoms with Crippen LogP contribution < -0.4 is 24.8 Å². The van der Waals surface area contributed by atoms with Crippen molar-refractivity contribution < 1.29 is 126 Å². The molecule has 0 spiro atoms. The molecule has 0 N–H and O–H groups in total. The van der Waals surface area contributed by atoms with Crippen LogP contribution in [-0.2, 0) is 108 Å². The molecule has 0 amide bonds. The summed E-state index contributed by atoms with van der Waals surface area (Å²) in [7, 11) is 0. The van der Waals surface area contributed by atoms with Crippen LogP contribution in [0.1, 0.15) is 185 Å². The maximum atomic E-state index is 12.5. The molecule has 624 valence electrons. The van der Waals surface area contributed by atoms with Gasteiger partial charge in [-0.3, -0.25) is 12.2 Å². The summed E-state index contributed by atoms with van der Waals surface area (Å²) in [6, 6.07) is 83.9. The van der Waals surface area contributed by atoms with Crippen molar-refractivity contribution in [1.29, 1.82) is 0 Å². The Morgan fingerprint density at radius 3 is 0.721 bits per heavy atom. The smallest absolute Gasteiger partial charge is 0.109 e. The van der Waals surface area contributed by atoms with Gasteiger partial charge in [-0.1, -0.05) is 262 Å². The molecule has 16 heteroatoms. The molecule has 4 aliphatic carbocycles. The molecule has 12 aromatic rings. The number of hydrogen-bond donors (Lipinski definition) is 0. The summed E-state index contributed by atoms with van der Waals surface area (Å²) >= 11 is 1.80. The third kappa shape index (κ3) is 24.7. The van der Waals surface area contributed by atoms with E-state index in [0.29, 0.717) is 28.7 Å². The van der Waals surface area contributed by atoms with Crippen LogP contribution in [0.2, 0.25) is 0 Å². The molecule has 0 saturated carbocycles. The Bertz CT molecular complexity index is 5010. The summed E-state index contributed by atoms with van der Waals surface area (Å²) in [6.45, 7) is 27.8. The van der Waals surface area contributed by atoms with E-state index in [-0.39, 0.29) is 46.5 Å². The zero-order valence-electron chi connectivity index (χ0n) is 69.8. The van der Waals surface area contributed by atoms with Crippen molar-refractivity contribution in [2.24, 2.45) is 0 Å². The Morgan fingerprint density at radius 2 is 0.516 bits per heavy atom. The van der Waals surface area contributed by atoms with E-state index in [2.05, 4.69) is 277 Å². The molecule has 12 aromatic carbocycles. The van der Waals surface area contributed by atoms with Crippen molar-refractivity contribution in [3.63, 3.8) is 0 Å². The predicted molar refractivity (Wildman–Crippen MR) is 459 cm³/mol. The monoisotopic (exact) mass is 1840 g/mol. The molecular formula is C106H92Cl2F12Zr2-2. The van der Waals surface area contributed by atoms with Crippen LogP contribution in [0.25, 0.3) is 66.8 Å². The van der Waals surface area contributed by atoms with Gasteiger partial charge in [0.2, 0.25) is 0 Å². The number of hydrogen-bond acceptors (Lipinski definition) is 0. The molecule has 122 heavy (non-hydrogen) atoms. The Morgan fingerprint density at radius 1 is 0.279 bits per heavy atom. The maximum absolute atomic E-state index is 12.5. The second kappa shape index (κ2) is 40.2. The van der Waals surface area contributed by atoms with Crippen LogP contribution >= 0.6 is 0 Å². The Labute approximate surface area is 752 Å². The van der Waals surface area contributed by atoms with Crippen molar-refractivity contribution in [2.45, 2.75) is 155 Å². The molecule has 0 bridgehead atoms. The van der Waals surface area contributed by atoms with Crippen LogP contribution in [0.5, 0.6) is 0 Å². The van der Waals surface area contributed by atoms with Gasteiger partial charge in [-0.2, -0.15) is 12.2 Å². The SMILES string of the molecule is CC(C)(C)c1cc2c([c-]c1-c1ccccc1)Cc1cc(-c3ccccc3)c(C(C)(C)C)cc1-2.CC(C)(C)c1cc2c([c-]c1-c1ccccc1)Cc1cc(-c3ccccc3)c(C(C)(C)C)cc1-2.FC(F)(F)c1ccc([C](=[Zr+2])c2ccc(C(F)(F)F)cc2)cc1.FC(F)(F)c1ccc([C](=[Zr+2])c2ccc(C(F)(F)F)cc2)cc1.[C-]1=CC=CC1.[C-]1=CC=CC1.[Cl-].[Cl-]. The van der Waals surface area contributed by atoms with Crippen LogP contribution in [-0.4, -0.2) is 6.41 Å². The first-order valence-electron chi connectivity index (χ1n) is 39.5. The fourth-order valence-corrected chi connectivity index (χ4v) is 16.2. The Kier molecular flexibility index (Phi) is 31.9. The van der Waals surface area contributed by atoms with E-state index < -0.39 is 47.0 Å². The molecule has 0 nitrogen and oxygen atoms in total. The molecule has 0 aromatic heterocycles. The minimum atomic E-state index is -4.41. The third-order valence-corrected chi connectivity index (χ3v) is 23.7. The van der Waals surface area contributed by atoms with Crippen LogP contribution in [0.15, 0.2) is 291 Å². The fourth-order valence-electron chi connectivity index (χ4n) is 14.5. The van der Waals surface area contributed by atoms with E-state index in [4.69, 9.17) is 0 Å². The van der Waals surface area contributed by atoms with Crippen LogP contribution in [0.4, 0.5) is 52.7 Å². The van der Waals surface area contributed by atoms with E-state index in [1.54, 1.807) is 0 Å². The van der Waals surface area contributed by atoms with Crippen molar-refractivity contribution >= 4 is 6.41 Å². The molecule has 0 atom stereocenters. The summed E-state index contributed by atoms with van der Waals surface area (Å²) in [4.78, 5) is 0. The van der Waals surface area contributed by atoms with Crippen molar-refractivity contribution in [1.82, 2.24) is 0 Å². The number of halogens is 14. The van der Waals surface area contributed by atoms with Gasteiger partial charge in [0.15, 0.2) is 0 Å². The quantitative estimate of drug-likeness (QED) is 0.105. The fraction of sp³-hybridized carbons (Fsp3) is 0.226. The zero-order valence-corrected chi connectivity index (χ0v) is 76.3. The second-order valence-corrected chi connectivity index (χ2v) is 36.3. The molecule has 0 radical (unpaired) electrons. The first-order valence-corrected chi connectivity index (χ1v) is 42.0. The average Bonchev–Trinajstić information content (AvgIpc) is 1.57. The molecule has 0 aliphatic heterocycles. The van der Waals surface area contributed by atoms with Crippen LogP contribution in [0.3, 0.4) is 0 Å². The molecule has 0 heterocycles. The topological polar surface area (TPSA) is 0 Å². The van der Waals surface area contributed by atoms with Gasteiger partial charge in [-0.05, 0) is 79.0 Å². The number of rotatable bonds is 8. The molecule has 0 unspecified atom stereocenters. The van der Waals surface area contributed by atoms with E-state index >= 15 is 0 Å². The van der Waals surface area contributed by atoms with Gasteiger partial charge in [0.05, 0.1) is 0 Å². The van der Waals surface area contributed by atoms with Crippen molar-refractivity contribution in [3.8, 4) is 66.8 Å². The van der Waals surface area contributed by atoms with E-state index in [9.17, 15) is 52.7 Å². The summed E-state index contributed by atoms with van der Waals surface area (Å²) < 4.78 is 151. The van der Waals surface area contributed by atoms with Crippen molar-refractivity contribution in [3.05, 3.63) is 405 Å². The first-order chi connectivity index (χ1) is 56.4. The molecular weight excluding hydrogens is 1750 g/mol. The number of allylic oxidation sites excluding steroid dienone is 8. The zero-order chi connectivity index (χ0) is 86.9. The van der Waals surface area contributed by atoms with E-state index in [1.165, 1.54) is 160 Å². The van der Waals surface area contributed by atoms with Gasteiger partial charge < -0.3 is 24.8 Å². The second-order valence-electron chi connectivity index (χ2n) is 33.9. The molecule has 0 fully saturated rings. The normalized spacial score (nSPS) is 13.0. The van der Waals surface area contributed by atoms with Gasteiger partial charge in [0.25, 0.3) is 0 Å². The van der Waals surface area contributed by atoms with Gasteiger partial charge in [-0.15, -0.1) is 70.5 Å². The summed E-state index contributed by atoms with van der Waals surface area (Å²) in [5.41, 5.74) is 26.2. The number of benzene rings is 12. The van der Waals surface area contributed by atoms with E-state index in [1.807, 2.05) is 24.3 Å². The number of fused-ring (bicyclic) bond motifs is 6. The maximum Gasteiger partial charge on any atom is -0.109 e. The Balaban J connectivity index is 0.000000179. The summed E-state index contributed by atoms with van der Waals surface area (Å²) in [5, 5.41) is 0.